The van der Waals surface area contributed by atoms with Crippen molar-refractivity contribution < 1.29 is 13.2 Å². The van der Waals surface area contributed by atoms with Crippen LogP contribution >= 0.6 is 0 Å². The van der Waals surface area contributed by atoms with E-state index >= 15 is 0 Å². The third-order valence-electron chi connectivity index (χ3n) is 1.62. The number of sulfonamides is 1. The zero-order valence-electron chi connectivity index (χ0n) is 8.23. The molecule has 0 fully saturated rings. The molecule has 0 heterocycles. The van der Waals surface area contributed by atoms with Gasteiger partial charge in [-0.2, -0.15) is 0 Å². The van der Waals surface area contributed by atoms with Gasteiger partial charge in [-0.05, 0) is 19.1 Å². The van der Waals surface area contributed by atoms with Gasteiger partial charge in [0.2, 0.25) is 0 Å². The van der Waals surface area contributed by atoms with Crippen LogP contribution in [0.3, 0.4) is 0 Å². The molecule has 0 radical (unpaired) electrons. The SMILES string of the molecule is CCNC(=O)NS(=O)(=O)c1ccccc1. The molecule has 1 aromatic rings. The van der Waals surface area contributed by atoms with Crippen LogP contribution in [0.4, 0.5) is 4.79 Å². The average molecular weight is 228 g/mol. The molecule has 0 atom stereocenters. The predicted octanol–water partition coefficient (Wildman–Crippen LogP) is 0.694. The number of hydrogen-bond donors (Lipinski definition) is 2. The summed E-state index contributed by atoms with van der Waals surface area (Å²) in [4.78, 5) is 11.1. The summed E-state index contributed by atoms with van der Waals surface area (Å²) in [6.45, 7) is 2.07. The van der Waals surface area contributed by atoms with Crippen molar-refractivity contribution in [3.63, 3.8) is 0 Å². The van der Waals surface area contributed by atoms with Gasteiger partial charge in [-0.15, -0.1) is 0 Å². The molecular weight excluding hydrogens is 216 g/mol. The van der Waals surface area contributed by atoms with Crippen LogP contribution < -0.4 is 10.0 Å². The Hall–Kier alpha value is -1.56. The molecule has 0 unspecified atom stereocenters. The summed E-state index contributed by atoms with van der Waals surface area (Å²) in [5.41, 5.74) is 0. The van der Waals surface area contributed by atoms with Crippen LogP contribution in [-0.2, 0) is 10.0 Å². The molecule has 0 aliphatic rings. The number of carbonyl (C=O) groups excluding carboxylic acids is 1. The fraction of sp³-hybridized carbons (Fsp3) is 0.222. The van der Waals surface area contributed by atoms with Crippen molar-refractivity contribution in [1.82, 2.24) is 10.0 Å². The Morgan fingerprint density at radius 1 is 1.27 bits per heavy atom. The van der Waals surface area contributed by atoms with Gasteiger partial charge in [0.15, 0.2) is 0 Å². The standard InChI is InChI=1S/C9H12N2O3S/c1-2-10-9(12)11-15(13,14)8-6-4-3-5-7-8/h3-7H,2H2,1H3,(H2,10,11,12). The molecule has 0 saturated heterocycles. The van der Waals surface area contributed by atoms with Crippen molar-refractivity contribution in [2.75, 3.05) is 6.54 Å². The van der Waals surface area contributed by atoms with E-state index in [1.807, 2.05) is 4.72 Å². The summed E-state index contributed by atoms with van der Waals surface area (Å²) in [6, 6.07) is 6.99. The first-order valence-electron chi connectivity index (χ1n) is 4.42. The first-order chi connectivity index (χ1) is 7.06. The van der Waals surface area contributed by atoms with Gasteiger partial charge in [0.05, 0.1) is 4.90 Å². The molecule has 0 spiro atoms. The van der Waals surface area contributed by atoms with Gasteiger partial charge in [0, 0.05) is 6.54 Å². The van der Waals surface area contributed by atoms with Crippen LogP contribution in [0.25, 0.3) is 0 Å². The van der Waals surface area contributed by atoms with Crippen LogP contribution in [0, 0.1) is 0 Å². The minimum atomic E-state index is -3.74. The summed E-state index contributed by atoms with van der Waals surface area (Å²) in [5.74, 6) is 0. The Morgan fingerprint density at radius 3 is 2.40 bits per heavy atom. The zero-order valence-corrected chi connectivity index (χ0v) is 9.04. The van der Waals surface area contributed by atoms with E-state index in [2.05, 4.69) is 5.32 Å². The number of benzene rings is 1. The molecule has 0 bridgehead atoms. The van der Waals surface area contributed by atoms with Crippen LogP contribution in [0.5, 0.6) is 0 Å². The zero-order chi connectivity index (χ0) is 11.3. The normalized spacial score (nSPS) is 10.7. The maximum absolute atomic E-state index is 11.5. The largest absolute Gasteiger partial charge is 0.338 e. The fourth-order valence-corrected chi connectivity index (χ4v) is 1.93. The summed E-state index contributed by atoms with van der Waals surface area (Å²) in [7, 11) is -3.74. The topological polar surface area (TPSA) is 75.3 Å². The van der Waals surface area contributed by atoms with Gasteiger partial charge >= 0.3 is 6.03 Å². The maximum Gasteiger partial charge on any atom is 0.328 e. The lowest BCUT2D eigenvalue weighted by atomic mass is 10.4. The van der Waals surface area contributed by atoms with Crippen molar-refractivity contribution in [3.05, 3.63) is 30.3 Å². The highest BCUT2D eigenvalue weighted by molar-refractivity contribution is 7.90. The molecule has 15 heavy (non-hydrogen) atoms. The molecule has 0 aliphatic carbocycles. The van der Waals surface area contributed by atoms with Crippen molar-refractivity contribution in [1.29, 1.82) is 0 Å². The van der Waals surface area contributed by atoms with Gasteiger partial charge in [-0.1, -0.05) is 18.2 Å². The first-order valence-corrected chi connectivity index (χ1v) is 5.90. The van der Waals surface area contributed by atoms with E-state index in [0.29, 0.717) is 6.54 Å². The Morgan fingerprint density at radius 2 is 1.87 bits per heavy atom. The smallest absolute Gasteiger partial charge is 0.328 e. The molecule has 1 aromatic carbocycles. The summed E-state index contributed by atoms with van der Waals surface area (Å²) in [5, 5.41) is 2.34. The summed E-state index contributed by atoms with van der Waals surface area (Å²) in [6.07, 6.45) is 0. The van der Waals surface area contributed by atoms with Crippen molar-refractivity contribution in [3.8, 4) is 0 Å². The highest BCUT2D eigenvalue weighted by Crippen LogP contribution is 2.06. The minimum Gasteiger partial charge on any atom is -0.338 e. The number of rotatable bonds is 3. The van der Waals surface area contributed by atoms with E-state index in [1.54, 1.807) is 25.1 Å². The Bertz CT molecular complexity index is 428. The van der Waals surface area contributed by atoms with Crippen LogP contribution in [0.15, 0.2) is 35.2 Å². The van der Waals surface area contributed by atoms with Crippen molar-refractivity contribution in [2.45, 2.75) is 11.8 Å². The maximum atomic E-state index is 11.5. The monoisotopic (exact) mass is 228 g/mol. The third kappa shape index (κ3) is 3.25. The number of hydrogen-bond acceptors (Lipinski definition) is 3. The quantitative estimate of drug-likeness (QED) is 0.799. The first kappa shape index (κ1) is 11.5. The van der Waals surface area contributed by atoms with Gasteiger partial charge < -0.3 is 5.32 Å². The van der Waals surface area contributed by atoms with Gasteiger partial charge in [-0.25, -0.2) is 17.9 Å². The van der Waals surface area contributed by atoms with Crippen molar-refractivity contribution in [2.24, 2.45) is 0 Å². The lowest BCUT2D eigenvalue weighted by Gasteiger charge is -2.06. The molecule has 2 N–H and O–H groups in total. The highest BCUT2D eigenvalue weighted by Gasteiger charge is 2.15. The molecule has 2 amide bonds. The molecule has 0 aromatic heterocycles. The number of amides is 2. The molecule has 1 rings (SSSR count). The van der Waals surface area contributed by atoms with Gasteiger partial charge in [0.1, 0.15) is 0 Å². The molecule has 0 aliphatic heterocycles. The highest BCUT2D eigenvalue weighted by atomic mass is 32.2. The van der Waals surface area contributed by atoms with Crippen LogP contribution in [-0.4, -0.2) is 21.0 Å². The van der Waals surface area contributed by atoms with Crippen molar-refractivity contribution >= 4 is 16.1 Å². The van der Waals surface area contributed by atoms with E-state index in [-0.39, 0.29) is 4.90 Å². The fourth-order valence-electron chi connectivity index (χ4n) is 0.977. The number of urea groups is 1. The van der Waals surface area contributed by atoms with E-state index in [0.717, 1.165) is 0 Å². The second-order valence-electron chi connectivity index (χ2n) is 2.78. The average Bonchev–Trinajstić information content (AvgIpc) is 2.18. The summed E-state index contributed by atoms with van der Waals surface area (Å²) >= 11 is 0. The van der Waals surface area contributed by atoms with Gasteiger partial charge in [-0.3, -0.25) is 0 Å². The minimum absolute atomic E-state index is 0.0660. The number of nitrogens with one attached hydrogen (secondary N) is 2. The Balaban J connectivity index is 2.81. The van der Waals surface area contributed by atoms with Crippen LogP contribution in [0.2, 0.25) is 0 Å². The van der Waals surface area contributed by atoms with E-state index in [9.17, 15) is 13.2 Å². The third-order valence-corrected chi connectivity index (χ3v) is 2.96. The van der Waals surface area contributed by atoms with Crippen LogP contribution in [0.1, 0.15) is 6.92 Å². The molecule has 5 nitrogen and oxygen atoms in total. The molecule has 82 valence electrons. The van der Waals surface area contributed by atoms with E-state index in [1.165, 1.54) is 12.1 Å². The number of carbonyl (C=O) groups is 1. The Kier molecular flexibility index (Phi) is 3.68. The molecule has 6 heteroatoms. The second kappa shape index (κ2) is 4.79. The van der Waals surface area contributed by atoms with Gasteiger partial charge in [0.25, 0.3) is 10.0 Å². The van der Waals surface area contributed by atoms with E-state index < -0.39 is 16.1 Å². The lowest BCUT2D eigenvalue weighted by molar-refractivity contribution is 0.246. The molecular formula is C9H12N2O3S. The Labute approximate surface area is 88.5 Å². The molecule has 0 saturated carbocycles. The predicted molar refractivity (Wildman–Crippen MR) is 55.8 cm³/mol. The van der Waals surface area contributed by atoms with E-state index in [4.69, 9.17) is 0 Å². The second-order valence-corrected chi connectivity index (χ2v) is 4.46. The summed E-state index contributed by atoms with van der Waals surface area (Å²) < 4.78 is 25.0. The lowest BCUT2D eigenvalue weighted by Crippen LogP contribution is -2.39.